The van der Waals surface area contributed by atoms with E-state index >= 15 is 0 Å². The van der Waals surface area contributed by atoms with Crippen LogP contribution in [0.15, 0.2) is 63.7 Å². The van der Waals surface area contributed by atoms with Crippen molar-refractivity contribution in [2.75, 3.05) is 17.7 Å². The topological polar surface area (TPSA) is 109 Å². The zero-order chi connectivity index (χ0) is 24.6. The minimum Gasteiger partial charge on any atom is -0.386 e. The Balaban J connectivity index is 1.59. The molecular formula is C22H18ClFN4O4S2. The van der Waals surface area contributed by atoms with Gasteiger partial charge in [-0.25, -0.2) is 22.3 Å². The number of anilines is 2. The molecule has 0 fully saturated rings. The Kier molecular flexibility index (Phi) is 6.34. The fraction of sp³-hybridized carbons (Fsp3) is 0.0909. The van der Waals surface area contributed by atoms with Crippen LogP contribution in [0, 0.1) is 12.7 Å². The number of pyridine rings is 1. The summed E-state index contributed by atoms with van der Waals surface area (Å²) in [5, 5.41) is 6.01. The quantitative estimate of drug-likeness (QED) is 0.353. The van der Waals surface area contributed by atoms with Gasteiger partial charge >= 0.3 is 6.03 Å². The van der Waals surface area contributed by atoms with Crippen LogP contribution in [0.3, 0.4) is 0 Å². The van der Waals surface area contributed by atoms with Crippen LogP contribution in [-0.2, 0) is 10.0 Å². The highest BCUT2D eigenvalue weighted by atomic mass is 35.5. The molecule has 0 spiro atoms. The fourth-order valence-corrected chi connectivity index (χ4v) is 5.81. The lowest BCUT2D eigenvalue weighted by Crippen LogP contribution is -2.34. The molecule has 0 aliphatic rings. The maximum absolute atomic E-state index is 14.2. The van der Waals surface area contributed by atoms with Crippen LogP contribution >= 0.6 is 22.9 Å². The molecule has 8 nitrogen and oxygen atoms in total. The number of benzene rings is 2. The van der Waals surface area contributed by atoms with Gasteiger partial charge in [-0.2, -0.15) is 0 Å². The highest BCUT2D eigenvalue weighted by Gasteiger charge is 2.20. The Morgan fingerprint density at radius 3 is 2.53 bits per heavy atom. The number of amides is 2. The molecule has 0 aliphatic carbocycles. The normalized spacial score (nSPS) is 11.4. The average molecular weight is 521 g/mol. The van der Waals surface area contributed by atoms with E-state index in [1.807, 2.05) is 4.72 Å². The summed E-state index contributed by atoms with van der Waals surface area (Å²) in [5.74, 6) is -0.535. The van der Waals surface area contributed by atoms with Gasteiger partial charge in [0.1, 0.15) is 10.0 Å². The predicted molar refractivity (Wildman–Crippen MR) is 132 cm³/mol. The highest BCUT2D eigenvalue weighted by Crippen LogP contribution is 2.26. The van der Waals surface area contributed by atoms with Gasteiger partial charge in [-0.05, 0) is 66.4 Å². The molecule has 4 aromatic rings. The lowest BCUT2D eigenvalue weighted by Gasteiger charge is -2.13. The van der Waals surface area contributed by atoms with Gasteiger partial charge in [-0.1, -0.05) is 11.6 Å². The van der Waals surface area contributed by atoms with E-state index in [4.69, 9.17) is 11.6 Å². The summed E-state index contributed by atoms with van der Waals surface area (Å²) in [6.07, 6.45) is 1.59. The van der Waals surface area contributed by atoms with Gasteiger partial charge in [-0.15, -0.1) is 11.3 Å². The molecule has 0 unspecified atom stereocenters. The first-order valence-corrected chi connectivity index (χ1v) is 12.5. The van der Waals surface area contributed by atoms with Gasteiger partial charge in [0, 0.05) is 18.9 Å². The Bertz CT molecular complexity index is 1600. The van der Waals surface area contributed by atoms with Gasteiger partial charge in [-0.3, -0.25) is 9.36 Å². The lowest BCUT2D eigenvalue weighted by atomic mass is 10.1. The number of sulfonamides is 1. The lowest BCUT2D eigenvalue weighted by molar-refractivity contribution is 0.256. The third-order valence-corrected chi connectivity index (χ3v) is 8.07. The highest BCUT2D eigenvalue weighted by molar-refractivity contribution is 7.92. The van der Waals surface area contributed by atoms with Crippen molar-refractivity contribution in [3.05, 3.63) is 80.8 Å². The van der Waals surface area contributed by atoms with Crippen molar-refractivity contribution in [1.82, 2.24) is 9.29 Å². The molecule has 12 heteroatoms. The molecule has 0 saturated heterocycles. The number of hydrogen-bond donors (Lipinski definition) is 3. The summed E-state index contributed by atoms with van der Waals surface area (Å²) in [4.78, 5) is 25.2. The van der Waals surface area contributed by atoms with Crippen molar-refractivity contribution in [2.45, 2.75) is 11.1 Å². The maximum Gasteiger partial charge on any atom is 0.333 e. The second-order valence-electron chi connectivity index (χ2n) is 7.28. The zero-order valence-electron chi connectivity index (χ0n) is 17.8. The minimum atomic E-state index is -4.06. The van der Waals surface area contributed by atoms with Crippen LogP contribution < -0.4 is 20.9 Å². The number of nitrogens with zero attached hydrogens (tertiary/aromatic N) is 1. The van der Waals surface area contributed by atoms with Crippen molar-refractivity contribution in [3.63, 3.8) is 0 Å². The van der Waals surface area contributed by atoms with Crippen LogP contribution in [0.5, 0.6) is 0 Å². The number of aryl methyl sites for hydroxylation is 1. The summed E-state index contributed by atoms with van der Waals surface area (Å²) in [5.41, 5.74) is 1.35. The molecule has 0 saturated carbocycles. The Labute approximate surface area is 203 Å². The number of halogens is 2. The molecule has 176 valence electrons. The van der Waals surface area contributed by atoms with E-state index in [-0.39, 0.29) is 13.9 Å². The zero-order valence-corrected chi connectivity index (χ0v) is 20.2. The second kappa shape index (κ2) is 9.09. The first-order valence-electron chi connectivity index (χ1n) is 9.82. The first-order chi connectivity index (χ1) is 16.1. The summed E-state index contributed by atoms with van der Waals surface area (Å²) in [6.45, 7) is 1.73. The number of carbonyl (C=O) groups is 1. The molecule has 0 atom stereocenters. The first kappa shape index (κ1) is 23.7. The number of aromatic nitrogens is 1. The smallest absolute Gasteiger partial charge is 0.333 e. The largest absolute Gasteiger partial charge is 0.386 e. The van der Waals surface area contributed by atoms with Gasteiger partial charge < -0.3 is 10.6 Å². The van der Waals surface area contributed by atoms with E-state index in [0.29, 0.717) is 28.0 Å². The predicted octanol–water partition coefficient (Wildman–Crippen LogP) is 4.71. The molecule has 34 heavy (non-hydrogen) atoms. The van der Waals surface area contributed by atoms with Gasteiger partial charge in [0.2, 0.25) is 0 Å². The minimum absolute atomic E-state index is 0.0897. The molecular weight excluding hydrogens is 503 g/mol. The standard InChI is InChI=1S/C22H18ClFN4O4S2/c1-12-9-14(26-22(30)27-34(31,32)20-6-5-19(23)33-20)3-4-18(12)28-8-7-13-10-17(25-2)16(24)11-15(13)21(28)29/h3-11,25H,1-2H3,(H2,26,27,30). The van der Waals surface area contributed by atoms with Crippen molar-refractivity contribution >= 4 is 61.1 Å². The van der Waals surface area contributed by atoms with Crippen LogP contribution in [0.25, 0.3) is 16.5 Å². The van der Waals surface area contributed by atoms with Gasteiger partial charge in [0.05, 0.1) is 21.1 Å². The van der Waals surface area contributed by atoms with Crippen LogP contribution in [0.2, 0.25) is 4.34 Å². The van der Waals surface area contributed by atoms with E-state index in [0.717, 1.165) is 11.3 Å². The molecule has 2 aromatic carbocycles. The molecule has 3 N–H and O–H groups in total. The molecule has 0 radical (unpaired) electrons. The Morgan fingerprint density at radius 2 is 1.88 bits per heavy atom. The van der Waals surface area contributed by atoms with Gasteiger partial charge in [0.15, 0.2) is 0 Å². The number of rotatable bonds is 5. The fourth-order valence-electron chi connectivity index (χ4n) is 3.42. The van der Waals surface area contributed by atoms with E-state index in [1.54, 1.807) is 44.4 Å². The van der Waals surface area contributed by atoms with Crippen LogP contribution in [0.4, 0.5) is 20.6 Å². The summed E-state index contributed by atoms with van der Waals surface area (Å²) >= 11 is 6.59. The van der Waals surface area contributed by atoms with E-state index in [9.17, 15) is 22.4 Å². The summed E-state index contributed by atoms with van der Waals surface area (Å²) in [7, 11) is -2.47. The molecule has 0 bridgehead atoms. The average Bonchev–Trinajstić information content (AvgIpc) is 3.22. The second-order valence-corrected chi connectivity index (χ2v) is 10.9. The van der Waals surface area contributed by atoms with Crippen LogP contribution in [-0.4, -0.2) is 26.1 Å². The number of thiophene rings is 1. The maximum atomic E-state index is 14.2. The third kappa shape index (κ3) is 4.63. The van der Waals surface area contributed by atoms with E-state index in [1.165, 1.54) is 28.8 Å². The third-order valence-electron chi connectivity index (χ3n) is 5.02. The van der Waals surface area contributed by atoms with Gasteiger partial charge in [0.25, 0.3) is 15.6 Å². The van der Waals surface area contributed by atoms with Crippen molar-refractivity contribution in [3.8, 4) is 5.69 Å². The molecule has 0 aliphatic heterocycles. The van der Waals surface area contributed by atoms with E-state index < -0.39 is 27.4 Å². The van der Waals surface area contributed by atoms with Crippen molar-refractivity contribution in [1.29, 1.82) is 0 Å². The SMILES string of the molecule is CNc1cc2ccn(-c3ccc(NC(=O)NS(=O)(=O)c4ccc(Cl)s4)cc3C)c(=O)c2cc1F. The summed E-state index contributed by atoms with van der Waals surface area (Å²) < 4.78 is 42.2. The summed E-state index contributed by atoms with van der Waals surface area (Å²) in [6, 6.07) is 10.9. The number of hydrogen-bond acceptors (Lipinski definition) is 6. The van der Waals surface area contributed by atoms with Crippen molar-refractivity contribution in [2.24, 2.45) is 0 Å². The van der Waals surface area contributed by atoms with Crippen molar-refractivity contribution < 1.29 is 17.6 Å². The number of urea groups is 1. The van der Waals surface area contributed by atoms with Crippen LogP contribution in [0.1, 0.15) is 5.56 Å². The Hall–Kier alpha value is -3.41. The Morgan fingerprint density at radius 1 is 1.12 bits per heavy atom. The van der Waals surface area contributed by atoms with E-state index in [2.05, 4.69) is 10.6 Å². The number of carbonyl (C=O) groups excluding carboxylic acids is 1. The molecule has 2 amide bonds. The monoisotopic (exact) mass is 520 g/mol. The number of nitrogens with one attached hydrogen (secondary N) is 3. The number of fused-ring (bicyclic) bond motifs is 1. The molecule has 2 aromatic heterocycles. The molecule has 2 heterocycles. The molecule has 4 rings (SSSR count).